The number of carboxylic acids is 1. The van der Waals surface area contributed by atoms with Gasteiger partial charge in [0.25, 0.3) is 0 Å². The number of rotatable bonds is 5. The lowest BCUT2D eigenvalue weighted by Crippen LogP contribution is -2.30. The lowest BCUT2D eigenvalue weighted by Gasteiger charge is -2.19. The number of nitrogens with zero attached hydrogens (tertiary/aromatic N) is 1. The van der Waals surface area contributed by atoms with Crippen molar-refractivity contribution in [3.8, 4) is 0 Å². The molecule has 2 N–H and O–H groups in total. The molecule has 1 aromatic heterocycles. The van der Waals surface area contributed by atoms with Crippen LogP contribution < -0.4 is 5.32 Å². The molecule has 3 atom stereocenters. The van der Waals surface area contributed by atoms with E-state index in [1.54, 1.807) is 6.20 Å². The van der Waals surface area contributed by atoms with E-state index in [2.05, 4.69) is 17.2 Å². The summed E-state index contributed by atoms with van der Waals surface area (Å²) in [5.41, 5.74) is 1.00. The third kappa shape index (κ3) is 3.07. The average molecular weight is 248 g/mol. The first-order valence-electron chi connectivity index (χ1n) is 6.55. The van der Waals surface area contributed by atoms with E-state index in [1.165, 1.54) is 0 Å². The second kappa shape index (κ2) is 5.96. The summed E-state index contributed by atoms with van der Waals surface area (Å²) >= 11 is 0. The fourth-order valence-electron chi connectivity index (χ4n) is 2.67. The van der Waals surface area contributed by atoms with Gasteiger partial charge >= 0.3 is 5.97 Å². The van der Waals surface area contributed by atoms with Crippen LogP contribution in [0.3, 0.4) is 0 Å². The van der Waals surface area contributed by atoms with Crippen molar-refractivity contribution in [1.29, 1.82) is 0 Å². The van der Waals surface area contributed by atoms with E-state index in [-0.39, 0.29) is 17.9 Å². The van der Waals surface area contributed by atoms with Crippen molar-refractivity contribution < 1.29 is 9.90 Å². The molecule has 0 amide bonds. The minimum atomic E-state index is -0.648. The molecule has 0 saturated heterocycles. The summed E-state index contributed by atoms with van der Waals surface area (Å²) in [6.07, 6.45) is 4.64. The van der Waals surface area contributed by atoms with Crippen LogP contribution in [-0.4, -0.2) is 22.6 Å². The van der Waals surface area contributed by atoms with Crippen molar-refractivity contribution in [3.05, 3.63) is 30.1 Å². The maximum Gasteiger partial charge on any atom is 0.306 e. The molecule has 0 spiro atoms. The van der Waals surface area contributed by atoms with Gasteiger partial charge in [-0.05, 0) is 44.4 Å². The highest BCUT2D eigenvalue weighted by Gasteiger charge is 2.32. The molecular weight excluding hydrogens is 228 g/mol. The van der Waals surface area contributed by atoms with E-state index in [9.17, 15) is 4.79 Å². The third-order valence-corrected chi connectivity index (χ3v) is 3.79. The Morgan fingerprint density at radius 3 is 3.06 bits per heavy atom. The van der Waals surface area contributed by atoms with E-state index in [4.69, 9.17) is 5.11 Å². The van der Waals surface area contributed by atoms with E-state index in [0.29, 0.717) is 0 Å². The molecule has 1 aromatic rings. The number of aromatic nitrogens is 1. The van der Waals surface area contributed by atoms with Crippen molar-refractivity contribution >= 4 is 5.97 Å². The van der Waals surface area contributed by atoms with Gasteiger partial charge in [0.05, 0.1) is 11.6 Å². The Labute approximate surface area is 107 Å². The van der Waals surface area contributed by atoms with Crippen LogP contribution in [0.1, 0.15) is 37.9 Å². The van der Waals surface area contributed by atoms with E-state index in [0.717, 1.165) is 31.5 Å². The molecule has 1 fully saturated rings. The minimum Gasteiger partial charge on any atom is -0.481 e. The van der Waals surface area contributed by atoms with Gasteiger partial charge < -0.3 is 10.4 Å². The standard InChI is InChI=1S/C14H20N2O2/c1-10(13-7-2-3-8-15-13)16-9-11-5-4-6-12(11)14(17)18/h2-3,7-8,10-12,16H,4-6,9H2,1H3,(H,17,18). The molecule has 98 valence electrons. The SMILES string of the molecule is CC(NCC1CCCC1C(=O)O)c1ccccn1. The molecule has 2 rings (SSSR count). The van der Waals surface area contributed by atoms with Gasteiger partial charge in [0.1, 0.15) is 0 Å². The number of nitrogens with one attached hydrogen (secondary N) is 1. The van der Waals surface area contributed by atoms with E-state index >= 15 is 0 Å². The van der Waals surface area contributed by atoms with Gasteiger partial charge in [-0.15, -0.1) is 0 Å². The summed E-state index contributed by atoms with van der Waals surface area (Å²) in [7, 11) is 0. The van der Waals surface area contributed by atoms with Gasteiger partial charge in [-0.25, -0.2) is 0 Å². The molecule has 1 saturated carbocycles. The zero-order chi connectivity index (χ0) is 13.0. The minimum absolute atomic E-state index is 0.168. The molecule has 1 aliphatic carbocycles. The quantitative estimate of drug-likeness (QED) is 0.838. The summed E-state index contributed by atoms with van der Waals surface area (Å²) in [6, 6.07) is 6.02. The number of hydrogen-bond donors (Lipinski definition) is 2. The lowest BCUT2D eigenvalue weighted by molar-refractivity contribution is -0.142. The number of pyridine rings is 1. The molecule has 0 radical (unpaired) electrons. The van der Waals surface area contributed by atoms with Crippen molar-refractivity contribution in [3.63, 3.8) is 0 Å². The second-order valence-corrected chi connectivity index (χ2v) is 5.02. The summed E-state index contributed by atoms with van der Waals surface area (Å²) in [5, 5.41) is 12.5. The molecule has 4 heteroatoms. The van der Waals surface area contributed by atoms with Crippen LogP contribution in [0.25, 0.3) is 0 Å². The Morgan fingerprint density at radius 1 is 1.56 bits per heavy atom. The van der Waals surface area contributed by atoms with Gasteiger partial charge in [0.2, 0.25) is 0 Å². The third-order valence-electron chi connectivity index (χ3n) is 3.79. The van der Waals surface area contributed by atoms with Crippen molar-refractivity contribution in [2.24, 2.45) is 11.8 Å². The maximum absolute atomic E-state index is 11.1. The van der Waals surface area contributed by atoms with Gasteiger partial charge in [-0.1, -0.05) is 12.5 Å². The predicted molar refractivity (Wildman–Crippen MR) is 69.1 cm³/mol. The molecule has 4 nitrogen and oxygen atoms in total. The van der Waals surface area contributed by atoms with Gasteiger partial charge in [-0.3, -0.25) is 9.78 Å². The van der Waals surface area contributed by atoms with Crippen molar-refractivity contribution in [2.45, 2.75) is 32.2 Å². The topological polar surface area (TPSA) is 62.2 Å². The summed E-state index contributed by atoms with van der Waals surface area (Å²) in [5.74, 6) is -0.563. The van der Waals surface area contributed by atoms with Crippen molar-refractivity contribution in [1.82, 2.24) is 10.3 Å². The Morgan fingerprint density at radius 2 is 2.39 bits per heavy atom. The zero-order valence-electron chi connectivity index (χ0n) is 10.7. The normalized spacial score (nSPS) is 24.9. The highest BCUT2D eigenvalue weighted by atomic mass is 16.4. The maximum atomic E-state index is 11.1. The average Bonchev–Trinajstić information content (AvgIpc) is 2.85. The van der Waals surface area contributed by atoms with E-state index < -0.39 is 5.97 Å². The first-order chi connectivity index (χ1) is 8.68. The number of carbonyl (C=O) groups is 1. The zero-order valence-corrected chi connectivity index (χ0v) is 10.7. The molecule has 0 aliphatic heterocycles. The van der Waals surface area contributed by atoms with Gasteiger partial charge in [0.15, 0.2) is 0 Å². The fourth-order valence-corrected chi connectivity index (χ4v) is 2.67. The van der Waals surface area contributed by atoms with Gasteiger partial charge in [-0.2, -0.15) is 0 Å². The molecule has 3 unspecified atom stereocenters. The van der Waals surface area contributed by atoms with Crippen LogP contribution in [0.2, 0.25) is 0 Å². The van der Waals surface area contributed by atoms with Crippen LogP contribution in [0.5, 0.6) is 0 Å². The lowest BCUT2D eigenvalue weighted by atomic mass is 9.96. The number of carboxylic acid groups (broad SMARTS) is 1. The smallest absolute Gasteiger partial charge is 0.306 e. The van der Waals surface area contributed by atoms with Crippen LogP contribution in [0, 0.1) is 11.8 Å². The Balaban J connectivity index is 1.86. The monoisotopic (exact) mass is 248 g/mol. The van der Waals surface area contributed by atoms with Crippen molar-refractivity contribution in [2.75, 3.05) is 6.54 Å². The number of hydrogen-bond acceptors (Lipinski definition) is 3. The van der Waals surface area contributed by atoms with Crippen LogP contribution in [0.15, 0.2) is 24.4 Å². The fraction of sp³-hybridized carbons (Fsp3) is 0.571. The largest absolute Gasteiger partial charge is 0.481 e. The van der Waals surface area contributed by atoms with E-state index in [1.807, 2.05) is 18.2 Å². The molecular formula is C14H20N2O2. The number of aliphatic carboxylic acids is 1. The molecule has 18 heavy (non-hydrogen) atoms. The molecule has 0 aromatic carbocycles. The summed E-state index contributed by atoms with van der Waals surface area (Å²) in [4.78, 5) is 15.4. The van der Waals surface area contributed by atoms with Crippen LogP contribution in [-0.2, 0) is 4.79 Å². The first-order valence-corrected chi connectivity index (χ1v) is 6.55. The second-order valence-electron chi connectivity index (χ2n) is 5.02. The first kappa shape index (κ1) is 13.0. The molecule has 1 aliphatic rings. The Bertz CT molecular complexity index is 394. The highest BCUT2D eigenvalue weighted by Crippen LogP contribution is 2.31. The summed E-state index contributed by atoms with van der Waals surface area (Å²) in [6.45, 7) is 2.82. The van der Waals surface area contributed by atoms with Gasteiger partial charge in [0, 0.05) is 12.2 Å². The molecule has 1 heterocycles. The molecule has 0 bridgehead atoms. The summed E-state index contributed by atoms with van der Waals surface area (Å²) < 4.78 is 0. The predicted octanol–water partition coefficient (Wildman–Crippen LogP) is 2.23. The Kier molecular flexibility index (Phi) is 4.31. The van der Waals surface area contributed by atoms with Crippen LogP contribution in [0.4, 0.5) is 0 Å². The highest BCUT2D eigenvalue weighted by molar-refractivity contribution is 5.70. The van der Waals surface area contributed by atoms with Crippen LogP contribution >= 0.6 is 0 Å². The Hall–Kier alpha value is -1.42.